The van der Waals surface area contributed by atoms with E-state index in [0.717, 1.165) is 18.4 Å². The molecule has 1 aromatic carbocycles. The number of phenolic OH excluding ortho intramolecular Hbond substituents is 1. The summed E-state index contributed by atoms with van der Waals surface area (Å²) in [6.45, 7) is 2.16. The molecule has 126 valence electrons. The minimum atomic E-state index is -0.583. The van der Waals surface area contributed by atoms with Crippen molar-refractivity contribution in [2.45, 2.75) is 45.1 Å². The number of phenols is 1. The zero-order chi connectivity index (χ0) is 16.8. The molecule has 0 aromatic heterocycles. The standard InChI is InChI=1S/C19H26O4/c1-13-3-7-15(8-4-13)18(22)12-16(20)9-5-14-6-10-17(21)19(11-14)23-2/h3,6-7,10-11,13,15,18,21-22H,4-5,8-9,12H2,1-2H3/t13-,15-,18-/m0/s1. The highest BCUT2D eigenvalue weighted by Crippen LogP contribution is 2.28. The van der Waals surface area contributed by atoms with E-state index in [9.17, 15) is 15.0 Å². The topological polar surface area (TPSA) is 66.8 Å². The molecular weight excluding hydrogens is 292 g/mol. The number of aliphatic hydroxyl groups is 1. The van der Waals surface area contributed by atoms with Crippen LogP contribution in [0.25, 0.3) is 0 Å². The number of methoxy groups -OCH3 is 1. The number of aryl methyl sites for hydroxylation is 1. The smallest absolute Gasteiger partial charge is 0.160 e. The first kappa shape index (κ1) is 17.5. The molecule has 0 unspecified atom stereocenters. The largest absolute Gasteiger partial charge is 0.504 e. The van der Waals surface area contributed by atoms with Gasteiger partial charge in [-0.15, -0.1) is 0 Å². The van der Waals surface area contributed by atoms with Crippen molar-refractivity contribution in [3.05, 3.63) is 35.9 Å². The van der Waals surface area contributed by atoms with Gasteiger partial charge in [0, 0.05) is 18.8 Å². The van der Waals surface area contributed by atoms with E-state index in [-0.39, 0.29) is 23.9 Å². The number of hydrogen-bond donors (Lipinski definition) is 2. The lowest BCUT2D eigenvalue weighted by Crippen LogP contribution is -2.24. The Bertz CT molecular complexity index is 564. The van der Waals surface area contributed by atoms with E-state index in [1.54, 1.807) is 18.2 Å². The summed E-state index contributed by atoms with van der Waals surface area (Å²) < 4.78 is 5.06. The molecule has 0 spiro atoms. The van der Waals surface area contributed by atoms with Crippen LogP contribution in [0.1, 0.15) is 38.2 Å². The number of ether oxygens (including phenoxy) is 1. The summed E-state index contributed by atoms with van der Waals surface area (Å²) in [7, 11) is 1.50. The Kier molecular flexibility index (Phi) is 6.22. The van der Waals surface area contributed by atoms with Crippen molar-refractivity contribution < 1.29 is 19.7 Å². The van der Waals surface area contributed by atoms with Crippen LogP contribution in [0.2, 0.25) is 0 Å². The molecule has 2 rings (SSSR count). The summed E-state index contributed by atoms with van der Waals surface area (Å²) in [4.78, 5) is 12.1. The number of carbonyl (C=O) groups is 1. The zero-order valence-corrected chi connectivity index (χ0v) is 13.9. The van der Waals surface area contributed by atoms with E-state index in [1.807, 2.05) is 0 Å². The van der Waals surface area contributed by atoms with Gasteiger partial charge in [-0.2, -0.15) is 0 Å². The molecule has 4 heteroatoms. The van der Waals surface area contributed by atoms with Gasteiger partial charge in [-0.1, -0.05) is 25.1 Å². The van der Waals surface area contributed by atoms with Crippen LogP contribution >= 0.6 is 0 Å². The van der Waals surface area contributed by atoms with Crippen molar-refractivity contribution in [3.63, 3.8) is 0 Å². The number of rotatable bonds is 7. The molecule has 0 saturated carbocycles. The number of hydrogen-bond acceptors (Lipinski definition) is 4. The summed E-state index contributed by atoms with van der Waals surface area (Å²) in [5, 5.41) is 19.8. The highest BCUT2D eigenvalue weighted by atomic mass is 16.5. The predicted molar refractivity (Wildman–Crippen MR) is 89.6 cm³/mol. The van der Waals surface area contributed by atoms with Gasteiger partial charge in [0.15, 0.2) is 11.5 Å². The monoisotopic (exact) mass is 318 g/mol. The second-order valence-electron chi connectivity index (χ2n) is 6.42. The lowest BCUT2D eigenvalue weighted by atomic mass is 9.84. The van der Waals surface area contributed by atoms with E-state index >= 15 is 0 Å². The van der Waals surface area contributed by atoms with Gasteiger partial charge in [0.2, 0.25) is 0 Å². The van der Waals surface area contributed by atoms with Crippen LogP contribution < -0.4 is 4.74 Å². The molecule has 0 amide bonds. The van der Waals surface area contributed by atoms with Crippen molar-refractivity contribution in [2.75, 3.05) is 7.11 Å². The number of benzene rings is 1. The second-order valence-corrected chi connectivity index (χ2v) is 6.42. The van der Waals surface area contributed by atoms with Gasteiger partial charge in [0.1, 0.15) is 5.78 Å². The molecule has 23 heavy (non-hydrogen) atoms. The van der Waals surface area contributed by atoms with Crippen molar-refractivity contribution in [3.8, 4) is 11.5 Å². The van der Waals surface area contributed by atoms with E-state index in [1.165, 1.54) is 7.11 Å². The van der Waals surface area contributed by atoms with Crippen LogP contribution in [-0.2, 0) is 11.2 Å². The highest BCUT2D eigenvalue weighted by Gasteiger charge is 2.22. The molecule has 2 N–H and O–H groups in total. The first-order valence-electron chi connectivity index (χ1n) is 8.23. The van der Waals surface area contributed by atoms with E-state index < -0.39 is 6.10 Å². The van der Waals surface area contributed by atoms with Gasteiger partial charge in [-0.3, -0.25) is 4.79 Å². The van der Waals surface area contributed by atoms with Crippen molar-refractivity contribution in [1.29, 1.82) is 0 Å². The summed E-state index contributed by atoms with van der Waals surface area (Å²) in [5.41, 5.74) is 0.939. The fourth-order valence-corrected chi connectivity index (χ4v) is 2.95. The number of aliphatic hydroxyl groups excluding tert-OH is 1. The fraction of sp³-hybridized carbons (Fsp3) is 0.526. The van der Waals surface area contributed by atoms with Crippen LogP contribution in [0.15, 0.2) is 30.4 Å². The van der Waals surface area contributed by atoms with E-state index in [2.05, 4.69) is 19.1 Å². The van der Waals surface area contributed by atoms with Gasteiger partial charge >= 0.3 is 0 Å². The Morgan fingerprint density at radius 2 is 2.13 bits per heavy atom. The van der Waals surface area contributed by atoms with Gasteiger partial charge in [-0.05, 0) is 42.9 Å². The minimum Gasteiger partial charge on any atom is -0.504 e. The Morgan fingerprint density at radius 3 is 2.78 bits per heavy atom. The molecule has 0 saturated heterocycles. The van der Waals surface area contributed by atoms with Crippen LogP contribution in [0.4, 0.5) is 0 Å². The average molecular weight is 318 g/mol. The number of ketones is 1. The third-order valence-corrected chi connectivity index (χ3v) is 4.51. The SMILES string of the molecule is COc1cc(CCC(=O)C[C@H](O)[C@H]2C=C[C@H](C)CC2)ccc1O. The number of Topliss-reactive ketones (excluding diaryl/α,β-unsaturated/α-hetero) is 1. The van der Waals surface area contributed by atoms with Crippen molar-refractivity contribution in [2.24, 2.45) is 11.8 Å². The van der Waals surface area contributed by atoms with Crippen LogP contribution in [0.3, 0.4) is 0 Å². The van der Waals surface area contributed by atoms with E-state index in [4.69, 9.17) is 4.74 Å². The quantitative estimate of drug-likeness (QED) is 0.757. The lowest BCUT2D eigenvalue weighted by molar-refractivity contribution is -0.121. The molecule has 0 bridgehead atoms. The summed E-state index contributed by atoms with van der Waals surface area (Å²) in [6.07, 6.45) is 6.79. The van der Waals surface area contributed by atoms with Crippen molar-refractivity contribution in [1.82, 2.24) is 0 Å². The molecule has 0 radical (unpaired) electrons. The summed E-state index contributed by atoms with van der Waals surface area (Å²) >= 11 is 0. The Morgan fingerprint density at radius 1 is 1.35 bits per heavy atom. The van der Waals surface area contributed by atoms with Crippen LogP contribution in [0, 0.1) is 11.8 Å². The third kappa shape index (κ3) is 5.10. The van der Waals surface area contributed by atoms with Gasteiger partial charge in [-0.25, -0.2) is 0 Å². The molecule has 0 fully saturated rings. The van der Waals surface area contributed by atoms with Gasteiger partial charge in [0.05, 0.1) is 13.2 Å². The Balaban J connectivity index is 1.82. The van der Waals surface area contributed by atoms with E-state index in [0.29, 0.717) is 24.5 Å². The lowest BCUT2D eigenvalue weighted by Gasteiger charge is -2.24. The molecule has 0 aliphatic heterocycles. The maximum absolute atomic E-state index is 12.1. The Labute approximate surface area is 137 Å². The third-order valence-electron chi connectivity index (χ3n) is 4.51. The maximum atomic E-state index is 12.1. The predicted octanol–water partition coefficient (Wildman–Crippen LogP) is 3.26. The Hall–Kier alpha value is -1.81. The number of allylic oxidation sites excluding steroid dienone is 1. The van der Waals surface area contributed by atoms with Crippen molar-refractivity contribution >= 4 is 5.78 Å². The normalized spacial score (nSPS) is 21.9. The first-order valence-corrected chi connectivity index (χ1v) is 8.23. The minimum absolute atomic E-state index is 0.0663. The fourth-order valence-electron chi connectivity index (χ4n) is 2.95. The van der Waals surface area contributed by atoms with Crippen LogP contribution in [0.5, 0.6) is 11.5 Å². The average Bonchev–Trinajstić information content (AvgIpc) is 2.54. The summed E-state index contributed by atoms with van der Waals surface area (Å²) in [6, 6.07) is 5.10. The summed E-state index contributed by atoms with van der Waals surface area (Å²) in [5.74, 6) is 1.24. The molecule has 4 nitrogen and oxygen atoms in total. The molecule has 0 heterocycles. The molecule has 1 aliphatic carbocycles. The van der Waals surface area contributed by atoms with Gasteiger partial charge < -0.3 is 14.9 Å². The molecule has 1 aromatic rings. The first-order chi connectivity index (χ1) is 11.0. The van der Waals surface area contributed by atoms with Crippen LogP contribution in [-0.4, -0.2) is 29.2 Å². The van der Waals surface area contributed by atoms with Gasteiger partial charge in [0.25, 0.3) is 0 Å². The zero-order valence-electron chi connectivity index (χ0n) is 13.9. The number of carbonyl (C=O) groups excluding carboxylic acids is 1. The molecule has 3 atom stereocenters. The maximum Gasteiger partial charge on any atom is 0.160 e. The number of aromatic hydroxyl groups is 1. The highest BCUT2D eigenvalue weighted by molar-refractivity contribution is 5.79. The second kappa shape index (κ2) is 8.16. The molecular formula is C19H26O4. The molecule has 1 aliphatic rings.